The number of amides is 2. The van der Waals surface area contributed by atoms with Gasteiger partial charge in [0.25, 0.3) is 0 Å². The van der Waals surface area contributed by atoms with Gasteiger partial charge in [-0.3, -0.25) is 14.2 Å². The van der Waals surface area contributed by atoms with Gasteiger partial charge in [0.2, 0.25) is 11.8 Å². The van der Waals surface area contributed by atoms with Gasteiger partial charge >= 0.3 is 0 Å². The number of fused-ring (bicyclic) bond motifs is 4. The molecule has 7 nitrogen and oxygen atoms in total. The van der Waals surface area contributed by atoms with Gasteiger partial charge < -0.3 is 10.6 Å². The van der Waals surface area contributed by atoms with Gasteiger partial charge in [0.05, 0.1) is 12.1 Å². The van der Waals surface area contributed by atoms with Crippen LogP contribution in [0.3, 0.4) is 0 Å². The van der Waals surface area contributed by atoms with Gasteiger partial charge in [0.1, 0.15) is 11.6 Å². The molecule has 0 bridgehead atoms. The first kappa shape index (κ1) is 22.2. The van der Waals surface area contributed by atoms with Crippen molar-refractivity contribution in [3.05, 3.63) is 106 Å². The maximum Gasteiger partial charge on any atom is 0.228 e. The van der Waals surface area contributed by atoms with Crippen LogP contribution in [0.1, 0.15) is 40.7 Å². The van der Waals surface area contributed by atoms with Gasteiger partial charge in [0, 0.05) is 34.3 Å². The highest BCUT2D eigenvalue weighted by molar-refractivity contribution is 6.30. The summed E-state index contributed by atoms with van der Waals surface area (Å²) in [5, 5.41) is 15.3. The van der Waals surface area contributed by atoms with Crippen LogP contribution in [-0.2, 0) is 16.0 Å². The lowest BCUT2D eigenvalue weighted by Crippen LogP contribution is -2.17. The van der Waals surface area contributed by atoms with Crippen LogP contribution >= 0.6 is 11.6 Å². The fourth-order valence-electron chi connectivity index (χ4n) is 4.93. The van der Waals surface area contributed by atoms with E-state index in [4.69, 9.17) is 11.6 Å². The predicted octanol–water partition coefficient (Wildman–Crippen LogP) is 5.28. The summed E-state index contributed by atoms with van der Waals surface area (Å²) in [7, 11) is 0. The molecule has 178 valence electrons. The molecule has 0 radical (unpaired) electrons. The molecule has 0 fully saturated rings. The van der Waals surface area contributed by atoms with Crippen molar-refractivity contribution in [2.75, 3.05) is 10.6 Å². The Morgan fingerprint density at radius 2 is 1.92 bits per heavy atom. The van der Waals surface area contributed by atoms with Gasteiger partial charge in [-0.25, -0.2) is 0 Å². The van der Waals surface area contributed by atoms with Crippen LogP contribution in [0, 0.1) is 6.92 Å². The van der Waals surface area contributed by atoms with E-state index >= 15 is 0 Å². The number of aryl methyl sites for hydroxylation is 1. The van der Waals surface area contributed by atoms with E-state index < -0.39 is 0 Å². The van der Waals surface area contributed by atoms with Crippen LogP contribution in [0.15, 0.2) is 72.8 Å². The standard InChI is InChI=1S/C28H22ClN5O2/c1-16-32-33-28-19(15-26(35)30-21-10-11-24-18(12-21)14-27(36)31-24)13-23(17-6-8-20(29)9-7-17)22-4-2-3-5-25(22)34(16)28/h2-13,19H,14-15H2,1H3,(H,30,35)(H,31,36)/t19-/m1/s1. The molecule has 3 aromatic carbocycles. The average molecular weight is 496 g/mol. The molecule has 6 rings (SSSR count). The summed E-state index contributed by atoms with van der Waals surface area (Å²) in [5.41, 5.74) is 6.34. The number of carbonyl (C=O) groups is 2. The summed E-state index contributed by atoms with van der Waals surface area (Å²) in [6.07, 6.45) is 2.59. The first-order chi connectivity index (χ1) is 17.5. The fourth-order valence-corrected chi connectivity index (χ4v) is 5.05. The van der Waals surface area contributed by atoms with Gasteiger partial charge in [-0.15, -0.1) is 10.2 Å². The number of allylic oxidation sites excluding steroid dienone is 1. The average Bonchev–Trinajstić information content (AvgIpc) is 3.39. The summed E-state index contributed by atoms with van der Waals surface area (Å²) in [6.45, 7) is 1.91. The number of benzene rings is 3. The number of hydrogen-bond donors (Lipinski definition) is 2. The van der Waals surface area contributed by atoms with Gasteiger partial charge in [0.15, 0.2) is 0 Å². The molecular weight excluding hydrogens is 474 g/mol. The summed E-state index contributed by atoms with van der Waals surface area (Å²) in [6, 6.07) is 21.3. The van der Waals surface area contributed by atoms with Crippen LogP contribution in [0.25, 0.3) is 11.3 Å². The molecule has 0 unspecified atom stereocenters. The maximum atomic E-state index is 13.2. The van der Waals surface area contributed by atoms with E-state index in [2.05, 4.69) is 33.0 Å². The second kappa shape index (κ2) is 8.77. The number of carbonyl (C=O) groups excluding carboxylic acids is 2. The second-order valence-corrected chi connectivity index (χ2v) is 9.44. The number of anilines is 2. The molecule has 36 heavy (non-hydrogen) atoms. The summed E-state index contributed by atoms with van der Waals surface area (Å²) in [4.78, 5) is 24.9. The highest BCUT2D eigenvalue weighted by Gasteiger charge is 2.28. The molecule has 4 aromatic rings. The quantitative estimate of drug-likeness (QED) is 0.403. The highest BCUT2D eigenvalue weighted by Crippen LogP contribution is 2.38. The van der Waals surface area contributed by atoms with E-state index in [1.165, 1.54) is 0 Å². The van der Waals surface area contributed by atoms with E-state index in [1.54, 1.807) is 6.07 Å². The maximum absolute atomic E-state index is 13.2. The minimum absolute atomic E-state index is 0.0407. The molecule has 0 aliphatic carbocycles. The molecule has 2 aliphatic rings. The van der Waals surface area contributed by atoms with Crippen molar-refractivity contribution in [3.63, 3.8) is 0 Å². The Kier molecular flexibility index (Phi) is 5.42. The first-order valence-electron chi connectivity index (χ1n) is 11.7. The predicted molar refractivity (Wildman–Crippen MR) is 139 cm³/mol. The number of aromatic nitrogens is 3. The molecule has 2 aliphatic heterocycles. The smallest absolute Gasteiger partial charge is 0.228 e. The highest BCUT2D eigenvalue weighted by atomic mass is 35.5. The van der Waals surface area contributed by atoms with Crippen molar-refractivity contribution in [1.29, 1.82) is 0 Å². The van der Waals surface area contributed by atoms with Crippen molar-refractivity contribution < 1.29 is 9.59 Å². The van der Waals surface area contributed by atoms with Crippen molar-refractivity contribution in [1.82, 2.24) is 14.8 Å². The third kappa shape index (κ3) is 3.97. The van der Waals surface area contributed by atoms with Crippen LogP contribution in [0.4, 0.5) is 11.4 Å². The third-order valence-electron chi connectivity index (χ3n) is 6.56. The van der Waals surface area contributed by atoms with E-state index in [1.807, 2.05) is 66.1 Å². The molecule has 0 saturated carbocycles. The Balaban J connectivity index is 1.38. The number of rotatable bonds is 4. The normalized spacial score (nSPS) is 15.8. The molecule has 1 aromatic heterocycles. The summed E-state index contributed by atoms with van der Waals surface area (Å²) >= 11 is 6.16. The summed E-state index contributed by atoms with van der Waals surface area (Å²) in [5.74, 6) is 0.956. The van der Waals surface area contributed by atoms with Crippen molar-refractivity contribution >= 4 is 40.4 Å². The lowest BCUT2D eigenvalue weighted by atomic mass is 9.92. The Bertz CT molecular complexity index is 1550. The molecule has 3 heterocycles. The second-order valence-electron chi connectivity index (χ2n) is 9.00. The number of halogens is 1. The largest absolute Gasteiger partial charge is 0.326 e. The lowest BCUT2D eigenvalue weighted by molar-refractivity contribution is -0.116. The lowest BCUT2D eigenvalue weighted by Gasteiger charge is -2.14. The minimum atomic E-state index is -0.318. The molecule has 8 heteroatoms. The van der Waals surface area contributed by atoms with E-state index in [0.29, 0.717) is 23.0 Å². The molecule has 0 saturated heterocycles. The summed E-state index contributed by atoms with van der Waals surface area (Å²) < 4.78 is 2.03. The molecule has 0 spiro atoms. The Hall–Kier alpha value is -4.23. The fraction of sp³-hybridized carbons (Fsp3) is 0.143. The zero-order valence-corrected chi connectivity index (χ0v) is 20.2. The Labute approximate surface area is 212 Å². The topological polar surface area (TPSA) is 88.9 Å². The van der Waals surface area contributed by atoms with Crippen molar-refractivity contribution in [2.45, 2.75) is 25.7 Å². The minimum Gasteiger partial charge on any atom is -0.326 e. The van der Waals surface area contributed by atoms with E-state index in [9.17, 15) is 9.59 Å². The van der Waals surface area contributed by atoms with E-state index in [-0.39, 0.29) is 24.2 Å². The van der Waals surface area contributed by atoms with Gasteiger partial charge in [-0.2, -0.15) is 0 Å². The SMILES string of the molecule is Cc1nnc2n1-c1ccccc1C(c1ccc(Cl)cc1)=C[C@@H]2CC(=O)Nc1ccc2c(c1)CC(=O)N2. The Morgan fingerprint density at radius 1 is 1.11 bits per heavy atom. The zero-order chi connectivity index (χ0) is 24.8. The molecule has 2 N–H and O–H groups in total. The van der Waals surface area contributed by atoms with Crippen LogP contribution < -0.4 is 10.6 Å². The number of nitrogens with one attached hydrogen (secondary N) is 2. The third-order valence-corrected chi connectivity index (χ3v) is 6.81. The first-order valence-corrected chi connectivity index (χ1v) is 12.1. The monoisotopic (exact) mass is 495 g/mol. The Morgan fingerprint density at radius 3 is 2.75 bits per heavy atom. The van der Waals surface area contributed by atoms with Crippen molar-refractivity contribution in [2.24, 2.45) is 0 Å². The number of hydrogen-bond acceptors (Lipinski definition) is 4. The number of para-hydroxylation sites is 1. The molecule has 1 atom stereocenters. The molecule has 2 amide bonds. The van der Waals surface area contributed by atoms with E-state index in [0.717, 1.165) is 39.5 Å². The van der Waals surface area contributed by atoms with Gasteiger partial charge in [-0.05, 0) is 60.0 Å². The molecular formula is C28H22ClN5O2. The van der Waals surface area contributed by atoms with Crippen LogP contribution in [-0.4, -0.2) is 26.6 Å². The van der Waals surface area contributed by atoms with Crippen LogP contribution in [0.5, 0.6) is 0 Å². The zero-order valence-electron chi connectivity index (χ0n) is 19.5. The number of nitrogens with zero attached hydrogens (tertiary/aromatic N) is 3. The van der Waals surface area contributed by atoms with Crippen LogP contribution in [0.2, 0.25) is 5.02 Å². The van der Waals surface area contributed by atoms with Crippen molar-refractivity contribution in [3.8, 4) is 5.69 Å². The van der Waals surface area contributed by atoms with Gasteiger partial charge in [-0.1, -0.05) is 48.0 Å².